The number of allylic oxidation sites excluding steroid dienone is 1. The lowest BCUT2D eigenvalue weighted by molar-refractivity contribution is 0.510. The number of benzene rings is 1. The molecule has 76 valence electrons. The molecule has 0 aromatic heterocycles. The van der Waals surface area contributed by atoms with Crippen LogP contribution in [0.1, 0.15) is 24.0 Å². The van der Waals surface area contributed by atoms with E-state index in [2.05, 4.69) is 64.0 Å². The molecule has 0 radical (unpaired) electrons. The molecule has 15 heavy (non-hydrogen) atoms. The third-order valence-electron chi connectivity index (χ3n) is 3.38. The van der Waals surface area contributed by atoms with Crippen LogP contribution in [0.2, 0.25) is 0 Å². The van der Waals surface area contributed by atoms with E-state index in [0.29, 0.717) is 0 Å². The van der Waals surface area contributed by atoms with Gasteiger partial charge in [0.25, 0.3) is 0 Å². The van der Waals surface area contributed by atoms with Crippen molar-refractivity contribution in [2.75, 3.05) is 6.54 Å². The number of fused-ring (bicyclic) bond motifs is 2. The van der Waals surface area contributed by atoms with Gasteiger partial charge in [0.15, 0.2) is 0 Å². The molecule has 1 spiro atoms. The number of hydrogen-bond donors (Lipinski definition) is 0. The summed E-state index contributed by atoms with van der Waals surface area (Å²) in [4.78, 5) is 4.49. The molecule has 2 heteroatoms. The Kier molecular flexibility index (Phi) is 2.20. The molecular weight excluding hydrogens is 297 g/mol. The normalized spacial score (nSPS) is 27.9. The van der Waals surface area contributed by atoms with Crippen molar-refractivity contribution in [3.05, 3.63) is 41.5 Å². The summed E-state index contributed by atoms with van der Waals surface area (Å²) in [5, 5.41) is 0. The van der Waals surface area contributed by atoms with Crippen LogP contribution in [0.25, 0.3) is 6.08 Å². The molecule has 3 rings (SSSR count). The van der Waals surface area contributed by atoms with Crippen LogP contribution in [-0.2, 0) is 5.41 Å². The Labute approximate surface area is 103 Å². The van der Waals surface area contributed by atoms with Crippen LogP contribution < -0.4 is 0 Å². The van der Waals surface area contributed by atoms with Crippen LogP contribution in [0, 0.1) is 0 Å². The molecule has 0 bridgehead atoms. The van der Waals surface area contributed by atoms with Crippen LogP contribution in [0.4, 0.5) is 0 Å². The van der Waals surface area contributed by atoms with Gasteiger partial charge in [-0.25, -0.2) is 0 Å². The summed E-state index contributed by atoms with van der Waals surface area (Å²) in [5.41, 5.74) is 3.15. The molecule has 0 fully saturated rings. The van der Waals surface area contributed by atoms with Crippen molar-refractivity contribution >= 4 is 32.4 Å². The molecule has 1 atom stereocenters. The van der Waals surface area contributed by atoms with Gasteiger partial charge in [-0.15, -0.1) is 0 Å². The molecule has 1 unspecified atom stereocenters. The first-order chi connectivity index (χ1) is 7.30. The van der Waals surface area contributed by atoms with Crippen molar-refractivity contribution in [3.63, 3.8) is 0 Å². The second-order valence-electron chi connectivity index (χ2n) is 4.26. The van der Waals surface area contributed by atoms with E-state index in [1.165, 1.54) is 14.8 Å². The van der Waals surface area contributed by atoms with Crippen LogP contribution in [-0.4, -0.2) is 10.3 Å². The van der Waals surface area contributed by atoms with Crippen LogP contribution >= 0.6 is 22.6 Å². The Morgan fingerprint density at radius 3 is 3.00 bits per heavy atom. The SMILES string of the molecule is IC1=NCCC2(C=Cc3ccccc32)C1. The van der Waals surface area contributed by atoms with Gasteiger partial charge in [0.05, 0.1) is 3.72 Å². The fraction of sp³-hybridized carbons (Fsp3) is 0.308. The average Bonchev–Trinajstić information content (AvgIpc) is 2.59. The molecule has 1 nitrogen and oxygen atoms in total. The Morgan fingerprint density at radius 1 is 1.27 bits per heavy atom. The predicted octanol–water partition coefficient (Wildman–Crippen LogP) is 3.58. The van der Waals surface area contributed by atoms with Gasteiger partial charge >= 0.3 is 0 Å². The minimum Gasteiger partial charge on any atom is -0.283 e. The first-order valence-electron chi connectivity index (χ1n) is 5.28. The van der Waals surface area contributed by atoms with Crippen molar-refractivity contribution in [1.29, 1.82) is 0 Å². The standard InChI is InChI=1S/C13H12IN/c14-12-9-13(7-8-15-12)6-5-10-3-1-2-4-11(10)13/h1-6H,7-9H2. The fourth-order valence-electron chi connectivity index (χ4n) is 2.59. The summed E-state index contributed by atoms with van der Waals surface area (Å²) < 4.78 is 1.26. The van der Waals surface area contributed by atoms with Gasteiger partial charge in [-0.2, -0.15) is 0 Å². The number of aliphatic imine (C=N–C) groups is 1. The van der Waals surface area contributed by atoms with Crippen molar-refractivity contribution in [2.45, 2.75) is 18.3 Å². The molecule has 1 aliphatic carbocycles. The van der Waals surface area contributed by atoms with Gasteiger partial charge in [0, 0.05) is 18.4 Å². The van der Waals surface area contributed by atoms with Crippen molar-refractivity contribution in [2.24, 2.45) is 4.99 Å². The van der Waals surface area contributed by atoms with E-state index in [9.17, 15) is 0 Å². The summed E-state index contributed by atoms with van der Waals surface area (Å²) in [5.74, 6) is 0. The maximum atomic E-state index is 4.49. The number of halogens is 1. The van der Waals surface area contributed by atoms with Crippen LogP contribution in [0.3, 0.4) is 0 Å². The van der Waals surface area contributed by atoms with E-state index in [-0.39, 0.29) is 5.41 Å². The van der Waals surface area contributed by atoms with Gasteiger partial charge in [-0.1, -0.05) is 36.4 Å². The summed E-state index contributed by atoms with van der Waals surface area (Å²) >= 11 is 2.37. The van der Waals surface area contributed by atoms with Gasteiger partial charge in [-0.3, -0.25) is 4.99 Å². The molecule has 1 heterocycles. The number of nitrogens with zero attached hydrogens (tertiary/aromatic N) is 1. The zero-order valence-electron chi connectivity index (χ0n) is 8.41. The zero-order chi connectivity index (χ0) is 10.3. The molecule has 1 aliphatic heterocycles. The minimum atomic E-state index is 0.259. The fourth-order valence-corrected chi connectivity index (χ4v) is 3.51. The highest BCUT2D eigenvalue weighted by Gasteiger charge is 2.36. The number of hydrogen-bond acceptors (Lipinski definition) is 1. The first kappa shape index (κ1) is 9.58. The van der Waals surface area contributed by atoms with E-state index < -0.39 is 0 Å². The molecule has 0 saturated carbocycles. The largest absolute Gasteiger partial charge is 0.283 e. The summed E-state index contributed by atoms with van der Waals surface area (Å²) in [7, 11) is 0. The summed E-state index contributed by atoms with van der Waals surface area (Å²) in [6.07, 6.45) is 6.89. The van der Waals surface area contributed by atoms with Crippen LogP contribution in [0.5, 0.6) is 0 Å². The lowest BCUT2D eigenvalue weighted by atomic mass is 9.76. The highest BCUT2D eigenvalue weighted by Crippen LogP contribution is 2.43. The predicted molar refractivity (Wildman–Crippen MR) is 72.7 cm³/mol. The third-order valence-corrected chi connectivity index (χ3v) is 4.10. The highest BCUT2D eigenvalue weighted by molar-refractivity contribution is 14.1. The average molecular weight is 309 g/mol. The lowest BCUT2D eigenvalue weighted by Gasteiger charge is -2.31. The van der Waals surface area contributed by atoms with Crippen molar-refractivity contribution < 1.29 is 0 Å². The van der Waals surface area contributed by atoms with Crippen molar-refractivity contribution in [1.82, 2.24) is 0 Å². The third kappa shape index (κ3) is 1.46. The summed E-state index contributed by atoms with van der Waals surface area (Å²) in [6, 6.07) is 8.74. The molecule has 1 aromatic carbocycles. The van der Waals surface area contributed by atoms with E-state index in [1.807, 2.05) is 0 Å². The lowest BCUT2D eigenvalue weighted by Crippen LogP contribution is -2.28. The number of rotatable bonds is 0. The summed E-state index contributed by atoms with van der Waals surface area (Å²) in [6.45, 7) is 0.969. The van der Waals surface area contributed by atoms with Gasteiger partial charge in [0.2, 0.25) is 0 Å². The molecule has 0 N–H and O–H groups in total. The molecular formula is C13H12IN. The highest BCUT2D eigenvalue weighted by atomic mass is 127. The Balaban J connectivity index is 2.10. The van der Waals surface area contributed by atoms with E-state index in [4.69, 9.17) is 0 Å². The maximum Gasteiger partial charge on any atom is 0.0740 e. The van der Waals surface area contributed by atoms with E-state index in [1.54, 1.807) is 0 Å². The minimum absolute atomic E-state index is 0.259. The van der Waals surface area contributed by atoms with Gasteiger partial charge in [0.1, 0.15) is 0 Å². The van der Waals surface area contributed by atoms with E-state index in [0.717, 1.165) is 19.4 Å². The Bertz CT molecular complexity index is 461. The second-order valence-corrected chi connectivity index (χ2v) is 5.51. The van der Waals surface area contributed by atoms with Gasteiger partial charge < -0.3 is 0 Å². The smallest absolute Gasteiger partial charge is 0.0740 e. The molecule has 0 amide bonds. The quantitative estimate of drug-likeness (QED) is 0.650. The topological polar surface area (TPSA) is 12.4 Å². The molecule has 1 aromatic rings. The second kappa shape index (κ2) is 3.44. The van der Waals surface area contributed by atoms with Crippen molar-refractivity contribution in [3.8, 4) is 0 Å². The molecule has 0 saturated heterocycles. The monoisotopic (exact) mass is 309 g/mol. The first-order valence-corrected chi connectivity index (χ1v) is 6.36. The maximum absolute atomic E-state index is 4.49. The van der Waals surface area contributed by atoms with Gasteiger partial charge in [-0.05, 0) is 40.1 Å². The Hall–Kier alpha value is -0.640. The van der Waals surface area contributed by atoms with Crippen LogP contribution in [0.15, 0.2) is 35.3 Å². The molecule has 2 aliphatic rings. The van der Waals surface area contributed by atoms with E-state index >= 15 is 0 Å². The zero-order valence-corrected chi connectivity index (χ0v) is 10.6. The Morgan fingerprint density at radius 2 is 2.13 bits per heavy atom.